The largest absolute Gasteiger partial charge is 0.481 e. The number of hydrogen-bond acceptors (Lipinski definition) is 5. The van der Waals surface area contributed by atoms with E-state index >= 15 is 0 Å². The van der Waals surface area contributed by atoms with Crippen molar-refractivity contribution >= 4 is 29.7 Å². The number of aliphatic carboxylic acids is 1. The molecule has 1 atom stereocenters. The highest BCUT2D eigenvalue weighted by molar-refractivity contribution is 7.99. The normalized spacial score (nSPS) is 23.1. The second-order valence-electron chi connectivity index (χ2n) is 9.62. The molecule has 7 nitrogen and oxygen atoms in total. The number of benzene rings is 2. The first-order valence-electron chi connectivity index (χ1n) is 12.2. The lowest BCUT2D eigenvalue weighted by Gasteiger charge is -2.39. The molecule has 0 radical (unpaired) electrons. The molecule has 1 saturated carbocycles. The van der Waals surface area contributed by atoms with Crippen molar-refractivity contribution < 1.29 is 24.2 Å². The number of carbonyl (C=O) groups is 3. The topological polar surface area (TPSA) is 95.9 Å². The molecular weight excluding hydrogens is 464 g/mol. The molecule has 5 rings (SSSR count). The third-order valence-corrected chi connectivity index (χ3v) is 8.41. The molecule has 2 aromatic carbocycles. The van der Waals surface area contributed by atoms with Crippen molar-refractivity contribution in [3.63, 3.8) is 0 Å². The second kappa shape index (κ2) is 10.3. The zero-order valence-electron chi connectivity index (χ0n) is 19.5. The molecule has 3 aliphatic rings. The zero-order valence-corrected chi connectivity index (χ0v) is 20.3. The summed E-state index contributed by atoms with van der Waals surface area (Å²) in [7, 11) is 0. The summed E-state index contributed by atoms with van der Waals surface area (Å²) in [5.74, 6) is 0.919. The summed E-state index contributed by atoms with van der Waals surface area (Å²) in [5.41, 5.74) is 4.75. The lowest BCUT2D eigenvalue weighted by molar-refractivity contribution is -0.141. The number of nitrogens with one attached hydrogen (secondary N) is 1. The number of thioether (sulfide) groups is 1. The lowest BCUT2D eigenvalue weighted by Crippen LogP contribution is -2.50. The van der Waals surface area contributed by atoms with Crippen LogP contribution in [0.25, 0.3) is 11.1 Å². The molecule has 0 spiro atoms. The van der Waals surface area contributed by atoms with Crippen LogP contribution in [0.4, 0.5) is 4.79 Å². The van der Waals surface area contributed by atoms with E-state index in [0.29, 0.717) is 18.7 Å². The summed E-state index contributed by atoms with van der Waals surface area (Å²) < 4.78 is 5.63. The first-order chi connectivity index (χ1) is 17.0. The number of amides is 2. The van der Waals surface area contributed by atoms with E-state index in [-0.39, 0.29) is 42.9 Å². The van der Waals surface area contributed by atoms with E-state index in [1.165, 1.54) is 22.3 Å². The minimum atomic E-state index is -0.869. The van der Waals surface area contributed by atoms with Crippen LogP contribution in [0.1, 0.15) is 42.7 Å². The number of alkyl carbamates (subject to hydrolysis) is 1. The Bertz CT molecular complexity index is 1070. The summed E-state index contributed by atoms with van der Waals surface area (Å²) in [6.45, 7) is 0.891. The predicted octanol–water partition coefficient (Wildman–Crippen LogP) is 4.11. The van der Waals surface area contributed by atoms with E-state index in [0.717, 1.165) is 18.6 Å². The van der Waals surface area contributed by atoms with Gasteiger partial charge in [0.05, 0.1) is 12.5 Å². The Labute approximate surface area is 209 Å². The molecule has 2 aliphatic carbocycles. The van der Waals surface area contributed by atoms with Crippen LogP contribution < -0.4 is 5.32 Å². The first-order valence-corrected chi connectivity index (χ1v) is 13.4. The fourth-order valence-corrected chi connectivity index (χ4v) is 6.61. The van der Waals surface area contributed by atoms with Gasteiger partial charge in [-0.1, -0.05) is 48.5 Å². The SMILES string of the molecule is O=C(O)CC1CSCCN1C(=O)CC1CC(NC(=O)OCC2c3ccccc3-c3ccccc32)C1. The number of nitrogens with zero attached hydrogens (tertiary/aromatic N) is 1. The number of rotatable bonds is 7. The molecule has 184 valence electrons. The molecule has 1 unspecified atom stereocenters. The third-order valence-electron chi connectivity index (χ3n) is 7.32. The number of hydrogen-bond donors (Lipinski definition) is 2. The smallest absolute Gasteiger partial charge is 0.407 e. The van der Waals surface area contributed by atoms with E-state index in [1.807, 2.05) is 24.3 Å². The predicted molar refractivity (Wildman–Crippen MR) is 134 cm³/mol. The van der Waals surface area contributed by atoms with Gasteiger partial charge in [0.2, 0.25) is 5.91 Å². The minimum absolute atomic E-state index is 0.00459. The van der Waals surface area contributed by atoms with Crippen LogP contribution in [-0.2, 0) is 14.3 Å². The molecule has 1 aliphatic heterocycles. The van der Waals surface area contributed by atoms with Gasteiger partial charge in [0.15, 0.2) is 0 Å². The highest BCUT2D eigenvalue weighted by Gasteiger charge is 2.36. The van der Waals surface area contributed by atoms with Crippen molar-refractivity contribution in [2.75, 3.05) is 24.7 Å². The number of fused-ring (bicyclic) bond motifs is 3. The molecule has 0 aromatic heterocycles. The van der Waals surface area contributed by atoms with E-state index in [4.69, 9.17) is 9.84 Å². The standard InChI is InChI=1S/C27H30N2O5S/c30-25(29-9-10-35-16-19(29)14-26(31)32)13-17-11-18(12-17)28-27(33)34-15-24-22-7-3-1-5-20(22)21-6-2-4-8-23(21)24/h1-8,17-19,24H,9-16H2,(H,28,33)(H,31,32). The molecular formula is C27H30N2O5S. The summed E-state index contributed by atoms with van der Waals surface area (Å²) in [6.07, 6.45) is 1.46. The second-order valence-corrected chi connectivity index (χ2v) is 10.8. The first kappa shape index (κ1) is 23.7. The van der Waals surface area contributed by atoms with Gasteiger partial charge in [-0.15, -0.1) is 0 Å². The lowest BCUT2D eigenvalue weighted by atomic mass is 9.78. The maximum absolute atomic E-state index is 12.8. The molecule has 35 heavy (non-hydrogen) atoms. The average Bonchev–Trinajstić information content (AvgIpc) is 3.15. The van der Waals surface area contributed by atoms with Gasteiger partial charge < -0.3 is 20.1 Å². The molecule has 2 aromatic rings. The van der Waals surface area contributed by atoms with Gasteiger partial charge in [-0.2, -0.15) is 11.8 Å². The Hall–Kier alpha value is -3.00. The highest BCUT2D eigenvalue weighted by Crippen LogP contribution is 2.44. The number of carboxylic acid groups (broad SMARTS) is 1. The van der Waals surface area contributed by atoms with Gasteiger partial charge in [-0.3, -0.25) is 9.59 Å². The summed E-state index contributed by atoms with van der Waals surface area (Å²) >= 11 is 1.70. The van der Waals surface area contributed by atoms with E-state index < -0.39 is 12.1 Å². The summed E-state index contributed by atoms with van der Waals surface area (Å²) in [4.78, 5) is 38.1. The molecule has 2 fully saturated rings. The molecule has 2 N–H and O–H groups in total. The monoisotopic (exact) mass is 494 g/mol. The minimum Gasteiger partial charge on any atom is -0.481 e. The van der Waals surface area contributed by atoms with Crippen LogP contribution >= 0.6 is 11.8 Å². The maximum atomic E-state index is 12.8. The Balaban J connectivity index is 1.08. The maximum Gasteiger partial charge on any atom is 0.407 e. The summed E-state index contributed by atoms with van der Waals surface area (Å²) in [6, 6.07) is 16.3. The number of carboxylic acids is 1. The van der Waals surface area contributed by atoms with Crippen LogP contribution in [0, 0.1) is 5.92 Å². The van der Waals surface area contributed by atoms with Gasteiger partial charge >= 0.3 is 12.1 Å². The van der Waals surface area contributed by atoms with Crippen molar-refractivity contribution in [1.29, 1.82) is 0 Å². The van der Waals surface area contributed by atoms with Crippen LogP contribution in [0.15, 0.2) is 48.5 Å². The molecule has 1 saturated heterocycles. The van der Waals surface area contributed by atoms with Crippen LogP contribution in [0.5, 0.6) is 0 Å². The fourth-order valence-electron chi connectivity index (χ4n) is 5.55. The van der Waals surface area contributed by atoms with Crippen molar-refractivity contribution in [2.24, 2.45) is 5.92 Å². The van der Waals surface area contributed by atoms with E-state index in [2.05, 4.69) is 29.6 Å². The number of ether oxygens (including phenoxy) is 1. The number of carbonyl (C=O) groups excluding carboxylic acids is 2. The van der Waals surface area contributed by atoms with Crippen molar-refractivity contribution in [3.05, 3.63) is 59.7 Å². The van der Waals surface area contributed by atoms with Gasteiger partial charge in [-0.25, -0.2) is 4.79 Å². The van der Waals surface area contributed by atoms with E-state index in [1.54, 1.807) is 16.7 Å². The van der Waals surface area contributed by atoms with Crippen molar-refractivity contribution in [2.45, 2.75) is 43.7 Å². The third kappa shape index (κ3) is 5.17. The van der Waals surface area contributed by atoms with Crippen LogP contribution in [0.3, 0.4) is 0 Å². The van der Waals surface area contributed by atoms with Gasteiger partial charge in [0, 0.05) is 36.4 Å². The molecule has 1 heterocycles. The quantitative estimate of drug-likeness (QED) is 0.601. The highest BCUT2D eigenvalue weighted by atomic mass is 32.2. The Morgan fingerprint density at radius 3 is 2.31 bits per heavy atom. The molecule has 2 amide bonds. The Morgan fingerprint density at radius 1 is 1.00 bits per heavy atom. The van der Waals surface area contributed by atoms with Gasteiger partial charge in [0.25, 0.3) is 0 Å². The van der Waals surface area contributed by atoms with Crippen molar-refractivity contribution in [3.8, 4) is 11.1 Å². The summed E-state index contributed by atoms with van der Waals surface area (Å²) in [5, 5.41) is 12.1. The average molecular weight is 495 g/mol. The fraction of sp³-hybridized carbons (Fsp3) is 0.444. The van der Waals surface area contributed by atoms with Gasteiger partial charge in [-0.05, 0) is 41.0 Å². The van der Waals surface area contributed by atoms with Crippen LogP contribution in [0.2, 0.25) is 0 Å². The Kier molecular flexibility index (Phi) is 7.00. The van der Waals surface area contributed by atoms with E-state index in [9.17, 15) is 14.4 Å². The Morgan fingerprint density at radius 2 is 1.66 bits per heavy atom. The van der Waals surface area contributed by atoms with Crippen molar-refractivity contribution in [1.82, 2.24) is 10.2 Å². The molecule has 8 heteroatoms. The zero-order chi connectivity index (χ0) is 24.4. The van der Waals surface area contributed by atoms with Gasteiger partial charge in [0.1, 0.15) is 6.61 Å². The molecule has 0 bridgehead atoms. The van der Waals surface area contributed by atoms with Crippen LogP contribution in [-0.4, -0.2) is 64.7 Å².